The van der Waals surface area contributed by atoms with Gasteiger partial charge in [0.15, 0.2) is 0 Å². The Morgan fingerprint density at radius 1 is 1.18 bits per heavy atom. The molecule has 1 saturated heterocycles. The normalized spacial score (nSPS) is 16.5. The number of piperazine rings is 1. The first kappa shape index (κ1) is 14.7. The van der Waals surface area contributed by atoms with Crippen molar-refractivity contribution in [3.63, 3.8) is 0 Å². The van der Waals surface area contributed by atoms with Crippen LogP contribution in [0.1, 0.15) is 12.5 Å². The molecule has 0 bridgehead atoms. The summed E-state index contributed by atoms with van der Waals surface area (Å²) < 4.78 is 0. The summed E-state index contributed by atoms with van der Waals surface area (Å²) in [5, 5.41) is 1.09. The van der Waals surface area contributed by atoms with Crippen LogP contribution in [0.5, 0.6) is 0 Å². The maximum atomic E-state index is 12.3. The number of fused-ring (bicyclic) bond motifs is 1. The number of carbonyl (C=O) groups excluding carboxylic acids is 1. The molecule has 1 aliphatic heterocycles. The van der Waals surface area contributed by atoms with Crippen molar-refractivity contribution in [1.29, 1.82) is 0 Å². The quantitative estimate of drug-likeness (QED) is 0.816. The van der Waals surface area contributed by atoms with Crippen LogP contribution >= 0.6 is 0 Å². The lowest BCUT2D eigenvalue weighted by Gasteiger charge is -2.33. The first-order chi connectivity index (χ1) is 10.8. The lowest BCUT2D eigenvalue weighted by molar-refractivity contribution is -0.127. The van der Waals surface area contributed by atoms with Crippen LogP contribution in [0.15, 0.2) is 42.6 Å². The van der Waals surface area contributed by atoms with E-state index in [2.05, 4.69) is 16.8 Å². The second-order valence-corrected chi connectivity index (χ2v) is 5.52. The molecule has 1 amide bonds. The summed E-state index contributed by atoms with van der Waals surface area (Å²) in [4.78, 5) is 21.0. The third-order valence-corrected chi connectivity index (χ3v) is 4.20. The molecule has 22 heavy (non-hydrogen) atoms. The molecule has 114 valence electrons. The van der Waals surface area contributed by atoms with Gasteiger partial charge in [-0.15, -0.1) is 0 Å². The maximum absolute atomic E-state index is 12.3. The fourth-order valence-corrected chi connectivity index (χ4v) is 2.81. The largest absolute Gasteiger partial charge is 0.337 e. The summed E-state index contributed by atoms with van der Waals surface area (Å²) in [5.41, 5.74) is 1.92. The molecular formula is C18H21N3O. The van der Waals surface area contributed by atoms with Gasteiger partial charge in [-0.3, -0.25) is 9.78 Å². The zero-order valence-corrected chi connectivity index (χ0v) is 12.9. The van der Waals surface area contributed by atoms with E-state index in [0.717, 1.165) is 49.2 Å². The number of aromatic nitrogens is 1. The number of benzene rings is 1. The average molecular weight is 295 g/mol. The van der Waals surface area contributed by atoms with Crippen molar-refractivity contribution in [2.24, 2.45) is 0 Å². The van der Waals surface area contributed by atoms with E-state index in [1.54, 1.807) is 12.3 Å². The number of pyridine rings is 1. The smallest absolute Gasteiger partial charge is 0.246 e. The molecule has 0 unspecified atom stereocenters. The highest BCUT2D eigenvalue weighted by atomic mass is 16.2. The highest BCUT2D eigenvalue weighted by molar-refractivity contribution is 5.95. The Morgan fingerprint density at radius 3 is 2.73 bits per heavy atom. The van der Waals surface area contributed by atoms with Gasteiger partial charge in [-0.25, -0.2) is 0 Å². The lowest BCUT2D eigenvalue weighted by Crippen LogP contribution is -2.48. The molecule has 0 saturated carbocycles. The molecule has 0 atom stereocenters. The molecule has 1 aliphatic rings. The molecular weight excluding hydrogens is 274 g/mol. The molecule has 0 aliphatic carbocycles. The fraction of sp³-hybridized carbons (Fsp3) is 0.333. The van der Waals surface area contributed by atoms with Gasteiger partial charge in [0.25, 0.3) is 0 Å². The van der Waals surface area contributed by atoms with E-state index in [-0.39, 0.29) is 5.91 Å². The van der Waals surface area contributed by atoms with E-state index < -0.39 is 0 Å². The second-order valence-electron chi connectivity index (χ2n) is 5.52. The summed E-state index contributed by atoms with van der Waals surface area (Å²) in [5.74, 6) is 0.0867. The second kappa shape index (κ2) is 6.71. The predicted molar refractivity (Wildman–Crippen MR) is 89.5 cm³/mol. The highest BCUT2D eigenvalue weighted by Gasteiger charge is 2.18. The number of hydrogen-bond acceptors (Lipinski definition) is 3. The first-order valence-electron chi connectivity index (χ1n) is 7.81. The minimum absolute atomic E-state index is 0.0867. The van der Waals surface area contributed by atoms with Gasteiger partial charge in [-0.1, -0.05) is 31.2 Å². The topological polar surface area (TPSA) is 36.4 Å². The number of rotatable bonds is 3. The van der Waals surface area contributed by atoms with Crippen LogP contribution < -0.4 is 0 Å². The van der Waals surface area contributed by atoms with Crippen molar-refractivity contribution in [2.45, 2.75) is 6.92 Å². The van der Waals surface area contributed by atoms with Gasteiger partial charge >= 0.3 is 0 Å². The summed E-state index contributed by atoms with van der Waals surface area (Å²) in [7, 11) is 0. The zero-order valence-electron chi connectivity index (χ0n) is 12.9. The van der Waals surface area contributed by atoms with Crippen molar-refractivity contribution in [2.75, 3.05) is 32.7 Å². The predicted octanol–water partition coefficient (Wildman–Crippen LogP) is 2.41. The van der Waals surface area contributed by atoms with Crippen LogP contribution in [0.4, 0.5) is 0 Å². The van der Waals surface area contributed by atoms with Crippen molar-refractivity contribution in [1.82, 2.24) is 14.8 Å². The van der Waals surface area contributed by atoms with Gasteiger partial charge < -0.3 is 9.80 Å². The van der Waals surface area contributed by atoms with Crippen molar-refractivity contribution in [3.05, 3.63) is 48.2 Å². The molecule has 2 heterocycles. The molecule has 0 spiro atoms. The number of carbonyl (C=O) groups is 1. The summed E-state index contributed by atoms with van der Waals surface area (Å²) >= 11 is 0. The Morgan fingerprint density at radius 2 is 1.95 bits per heavy atom. The Kier molecular flexibility index (Phi) is 4.49. The standard InChI is InChI=1S/C18H21N3O/c1-2-20-11-13-21(14-12-20)17(22)9-8-16-6-3-5-15-7-4-10-19-18(15)16/h3-10H,2,11-14H2,1H3/b9-8+. The number of amides is 1. The average Bonchev–Trinajstić information content (AvgIpc) is 2.59. The molecule has 4 nitrogen and oxygen atoms in total. The Balaban J connectivity index is 1.72. The third-order valence-electron chi connectivity index (χ3n) is 4.20. The molecule has 0 radical (unpaired) electrons. The Bertz CT molecular complexity index is 682. The Hall–Kier alpha value is -2.20. The van der Waals surface area contributed by atoms with E-state index in [9.17, 15) is 4.79 Å². The van der Waals surface area contributed by atoms with Crippen LogP contribution in [0.2, 0.25) is 0 Å². The third kappa shape index (κ3) is 3.17. The molecule has 1 aromatic heterocycles. The zero-order chi connectivity index (χ0) is 15.4. The van der Waals surface area contributed by atoms with Crippen LogP contribution in [0.3, 0.4) is 0 Å². The minimum Gasteiger partial charge on any atom is -0.337 e. The number of hydrogen-bond donors (Lipinski definition) is 0. The lowest BCUT2D eigenvalue weighted by atomic mass is 10.1. The molecule has 2 aromatic rings. The van der Waals surface area contributed by atoms with Gasteiger partial charge in [0.1, 0.15) is 0 Å². The van der Waals surface area contributed by atoms with Crippen LogP contribution in [0, 0.1) is 0 Å². The van der Waals surface area contributed by atoms with Crippen LogP contribution in [-0.4, -0.2) is 53.4 Å². The van der Waals surface area contributed by atoms with E-state index in [1.165, 1.54) is 0 Å². The Labute approximate surface area is 131 Å². The molecule has 0 N–H and O–H groups in total. The first-order valence-corrected chi connectivity index (χ1v) is 7.81. The molecule has 1 fully saturated rings. The van der Waals surface area contributed by atoms with Crippen LogP contribution in [-0.2, 0) is 4.79 Å². The van der Waals surface area contributed by atoms with Gasteiger partial charge in [-0.05, 0) is 18.7 Å². The van der Waals surface area contributed by atoms with Crippen molar-refractivity contribution < 1.29 is 4.79 Å². The monoisotopic (exact) mass is 295 g/mol. The highest BCUT2D eigenvalue weighted by Crippen LogP contribution is 2.17. The van der Waals surface area contributed by atoms with Gasteiger partial charge in [0.2, 0.25) is 5.91 Å². The molecule has 3 rings (SSSR count). The maximum Gasteiger partial charge on any atom is 0.246 e. The van der Waals surface area contributed by atoms with E-state index in [4.69, 9.17) is 0 Å². The number of nitrogens with zero attached hydrogens (tertiary/aromatic N) is 3. The van der Waals surface area contributed by atoms with Crippen molar-refractivity contribution in [3.8, 4) is 0 Å². The molecule has 1 aromatic carbocycles. The number of likely N-dealkylation sites (N-methyl/N-ethyl adjacent to an activating group) is 1. The van der Waals surface area contributed by atoms with Gasteiger partial charge in [0.05, 0.1) is 5.52 Å². The summed E-state index contributed by atoms with van der Waals surface area (Å²) in [6.07, 6.45) is 5.33. The van der Waals surface area contributed by atoms with E-state index >= 15 is 0 Å². The van der Waals surface area contributed by atoms with Crippen LogP contribution in [0.25, 0.3) is 17.0 Å². The van der Waals surface area contributed by atoms with E-state index in [0.29, 0.717) is 0 Å². The summed E-state index contributed by atoms with van der Waals surface area (Å²) in [6, 6.07) is 9.98. The fourth-order valence-electron chi connectivity index (χ4n) is 2.81. The minimum atomic E-state index is 0.0867. The van der Waals surface area contributed by atoms with Gasteiger partial charge in [-0.2, -0.15) is 0 Å². The van der Waals surface area contributed by atoms with E-state index in [1.807, 2.05) is 41.3 Å². The van der Waals surface area contributed by atoms with Crippen molar-refractivity contribution >= 4 is 22.9 Å². The van der Waals surface area contributed by atoms with Gasteiger partial charge in [0, 0.05) is 49.4 Å². The molecule has 4 heteroatoms. The summed E-state index contributed by atoms with van der Waals surface area (Å²) in [6.45, 7) is 6.76. The number of para-hydroxylation sites is 1. The SMILES string of the molecule is CCN1CCN(C(=O)/C=C/c2cccc3cccnc23)CC1.